The lowest BCUT2D eigenvalue weighted by Gasteiger charge is -2.32. The number of aliphatic hydroxyl groups is 1. The normalized spacial score (nSPS) is 16.9. The highest BCUT2D eigenvalue weighted by atomic mass is 16.5. The number of ether oxygens (including phenoxy) is 1. The first-order chi connectivity index (χ1) is 14.1. The van der Waals surface area contributed by atoms with Gasteiger partial charge < -0.3 is 19.3 Å². The Labute approximate surface area is 170 Å². The Bertz CT molecular complexity index is 981. The molecule has 1 aliphatic heterocycles. The summed E-state index contributed by atoms with van der Waals surface area (Å²) < 4.78 is 7.84. The Morgan fingerprint density at radius 3 is 2.86 bits per heavy atom. The fourth-order valence-electron chi connectivity index (χ4n) is 3.90. The minimum Gasteiger partial charge on any atom is -0.493 e. The van der Waals surface area contributed by atoms with E-state index in [-0.39, 0.29) is 12.5 Å². The van der Waals surface area contributed by atoms with Crippen LogP contribution < -0.4 is 4.74 Å². The molecule has 2 aromatic carbocycles. The number of carbonyl (C=O) groups is 1. The van der Waals surface area contributed by atoms with Gasteiger partial charge in [0, 0.05) is 31.1 Å². The highest BCUT2D eigenvalue weighted by molar-refractivity contribution is 5.97. The van der Waals surface area contributed by atoms with Crippen LogP contribution in [0.2, 0.25) is 0 Å². The van der Waals surface area contributed by atoms with E-state index in [1.165, 1.54) is 5.56 Å². The van der Waals surface area contributed by atoms with Crippen molar-refractivity contribution in [2.45, 2.75) is 26.3 Å². The van der Waals surface area contributed by atoms with E-state index >= 15 is 0 Å². The van der Waals surface area contributed by atoms with Crippen molar-refractivity contribution >= 4 is 16.9 Å². The summed E-state index contributed by atoms with van der Waals surface area (Å²) >= 11 is 0. The molecule has 0 aliphatic carbocycles. The van der Waals surface area contributed by atoms with Crippen LogP contribution in [0.15, 0.2) is 48.8 Å². The van der Waals surface area contributed by atoms with Gasteiger partial charge in [-0.2, -0.15) is 0 Å². The van der Waals surface area contributed by atoms with Crippen molar-refractivity contribution in [1.29, 1.82) is 0 Å². The Kier molecular flexibility index (Phi) is 5.81. The zero-order chi connectivity index (χ0) is 20.2. The van der Waals surface area contributed by atoms with Gasteiger partial charge in [-0.3, -0.25) is 4.79 Å². The van der Waals surface area contributed by atoms with Crippen molar-refractivity contribution in [3.63, 3.8) is 0 Å². The molecule has 6 nitrogen and oxygen atoms in total. The van der Waals surface area contributed by atoms with Crippen molar-refractivity contribution < 1.29 is 14.6 Å². The number of fused-ring (bicyclic) bond motifs is 1. The van der Waals surface area contributed by atoms with Crippen molar-refractivity contribution in [2.75, 3.05) is 26.3 Å². The molecule has 1 atom stereocenters. The predicted octanol–water partition coefficient (Wildman–Crippen LogP) is 3.27. The lowest BCUT2D eigenvalue weighted by atomic mass is 9.98. The lowest BCUT2D eigenvalue weighted by molar-refractivity contribution is 0.0633. The highest BCUT2D eigenvalue weighted by Crippen LogP contribution is 2.22. The number of likely N-dealkylation sites (tertiary alicyclic amines) is 1. The van der Waals surface area contributed by atoms with E-state index in [2.05, 4.69) is 11.9 Å². The molecule has 3 aromatic rings. The molecule has 152 valence electrons. The van der Waals surface area contributed by atoms with Crippen LogP contribution >= 0.6 is 0 Å². The van der Waals surface area contributed by atoms with E-state index in [9.17, 15) is 4.79 Å². The number of carbonyl (C=O) groups excluding carboxylic acids is 1. The van der Waals surface area contributed by atoms with Gasteiger partial charge in [0.1, 0.15) is 5.75 Å². The first-order valence-electron chi connectivity index (χ1n) is 10.2. The number of hydrogen-bond donors (Lipinski definition) is 1. The summed E-state index contributed by atoms with van der Waals surface area (Å²) in [5, 5.41) is 9.14. The summed E-state index contributed by atoms with van der Waals surface area (Å²) in [6.07, 6.45) is 3.76. The van der Waals surface area contributed by atoms with Crippen molar-refractivity contribution in [3.8, 4) is 5.75 Å². The number of benzene rings is 2. The van der Waals surface area contributed by atoms with Gasteiger partial charge >= 0.3 is 0 Å². The summed E-state index contributed by atoms with van der Waals surface area (Å²) in [6.45, 7) is 4.73. The maximum atomic E-state index is 13.0. The van der Waals surface area contributed by atoms with E-state index in [0.717, 1.165) is 36.2 Å². The Hall–Kier alpha value is -2.86. The second-order valence-electron chi connectivity index (χ2n) is 7.75. The number of aryl methyl sites for hydroxylation is 1. The van der Waals surface area contributed by atoms with Gasteiger partial charge in [-0.1, -0.05) is 17.7 Å². The fraction of sp³-hybridized carbons (Fsp3) is 0.391. The quantitative estimate of drug-likeness (QED) is 0.698. The third-order valence-electron chi connectivity index (χ3n) is 5.52. The Morgan fingerprint density at radius 1 is 1.24 bits per heavy atom. The van der Waals surface area contributed by atoms with Gasteiger partial charge in [-0.15, -0.1) is 0 Å². The molecule has 0 bridgehead atoms. The molecule has 1 N–H and O–H groups in total. The summed E-state index contributed by atoms with van der Waals surface area (Å²) in [6, 6.07) is 13.7. The van der Waals surface area contributed by atoms with Crippen LogP contribution in [0.3, 0.4) is 0 Å². The van der Waals surface area contributed by atoms with Crippen LogP contribution in [0.25, 0.3) is 11.0 Å². The van der Waals surface area contributed by atoms with Gasteiger partial charge in [-0.25, -0.2) is 4.98 Å². The largest absolute Gasteiger partial charge is 0.493 e. The number of piperidine rings is 1. The van der Waals surface area contributed by atoms with Crippen LogP contribution in [-0.4, -0.2) is 51.8 Å². The van der Waals surface area contributed by atoms with Crippen molar-refractivity contribution in [1.82, 2.24) is 14.5 Å². The number of aliphatic hydroxyl groups excluding tert-OH is 1. The average Bonchev–Trinajstić information content (AvgIpc) is 3.15. The number of imidazole rings is 1. The maximum absolute atomic E-state index is 13.0. The van der Waals surface area contributed by atoms with Crippen molar-refractivity contribution in [2.24, 2.45) is 5.92 Å². The summed E-state index contributed by atoms with van der Waals surface area (Å²) in [7, 11) is 0. The molecular formula is C23H27N3O3. The van der Waals surface area contributed by atoms with Crippen LogP contribution in [0.5, 0.6) is 5.75 Å². The highest BCUT2D eigenvalue weighted by Gasteiger charge is 2.25. The molecule has 6 heteroatoms. The first-order valence-corrected chi connectivity index (χ1v) is 10.2. The number of amides is 1. The zero-order valence-corrected chi connectivity index (χ0v) is 16.8. The van der Waals surface area contributed by atoms with E-state index in [1.54, 1.807) is 6.33 Å². The smallest absolute Gasteiger partial charge is 0.253 e. The summed E-state index contributed by atoms with van der Waals surface area (Å²) in [4.78, 5) is 19.3. The Morgan fingerprint density at radius 2 is 2.07 bits per heavy atom. The number of aromatic nitrogens is 2. The monoisotopic (exact) mass is 393 g/mol. The topological polar surface area (TPSA) is 67.6 Å². The number of rotatable bonds is 6. The van der Waals surface area contributed by atoms with E-state index in [1.807, 2.05) is 51.9 Å². The van der Waals surface area contributed by atoms with Crippen molar-refractivity contribution in [3.05, 3.63) is 59.9 Å². The second kappa shape index (κ2) is 8.66. The number of nitrogens with zero attached hydrogens (tertiary/aromatic N) is 3. The minimum absolute atomic E-state index is 0.0450. The molecule has 1 aromatic heterocycles. The van der Waals surface area contributed by atoms with E-state index in [0.29, 0.717) is 31.2 Å². The first kappa shape index (κ1) is 19.5. The average molecular weight is 393 g/mol. The SMILES string of the molecule is Cc1ccc(OC[C@@H]2CCCN(C(=O)c3ccc4c(c3)ncn4CCO)C2)cc1. The molecule has 0 spiro atoms. The third kappa shape index (κ3) is 4.43. The zero-order valence-electron chi connectivity index (χ0n) is 16.8. The molecule has 4 rings (SSSR count). The molecule has 0 radical (unpaired) electrons. The Balaban J connectivity index is 1.40. The van der Waals surface area contributed by atoms with Crippen LogP contribution in [0.1, 0.15) is 28.8 Å². The van der Waals surface area contributed by atoms with Crippen LogP contribution in [0.4, 0.5) is 0 Å². The van der Waals surface area contributed by atoms with Gasteiger partial charge in [0.2, 0.25) is 0 Å². The third-order valence-corrected chi connectivity index (χ3v) is 5.52. The molecule has 1 amide bonds. The van der Waals surface area contributed by atoms with Gasteiger partial charge in [-0.05, 0) is 50.1 Å². The molecule has 0 saturated carbocycles. The molecule has 1 aliphatic rings. The van der Waals surface area contributed by atoms with E-state index in [4.69, 9.17) is 9.84 Å². The van der Waals surface area contributed by atoms with Gasteiger partial charge in [0.25, 0.3) is 5.91 Å². The van der Waals surface area contributed by atoms with Crippen LogP contribution in [-0.2, 0) is 6.54 Å². The molecule has 29 heavy (non-hydrogen) atoms. The lowest BCUT2D eigenvalue weighted by Crippen LogP contribution is -2.41. The number of hydrogen-bond acceptors (Lipinski definition) is 4. The molecular weight excluding hydrogens is 366 g/mol. The second-order valence-corrected chi connectivity index (χ2v) is 7.75. The minimum atomic E-state index is 0.0450. The summed E-state index contributed by atoms with van der Waals surface area (Å²) in [5.74, 6) is 1.26. The van der Waals surface area contributed by atoms with Gasteiger partial charge in [0.05, 0.1) is 30.6 Å². The van der Waals surface area contributed by atoms with Crippen LogP contribution in [0, 0.1) is 12.8 Å². The standard InChI is InChI=1S/C23H27N3O3/c1-17-4-7-20(8-5-17)29-15-18-3-2-10-25(14-18)23(28)19-6-9-22-21(13-19)24-16-26(22)11-12-27/h4-9,13,16,18,27H,2-3,10-12,14-15H2,1H3/t18-/m1/s1. The van der Waals surface area contributed by atoms with E-state index < -0.39 is 0 Å². The maximum Gasteiger partial charge on any atom is 0.253 e. The van der Waals surface area contributed by atoms with Gasteiger partial charge in [0.15, 0.2) is 0 Å². The molecule has 0 unspecified atom stereocenters. The predicted molar refractivity (Wildman–Crippen MR) is 112 cm³/mol. The molecule has 2 heterocycles. The molecule has 1 saturated heterocycles. The summed E-state index contributed by atoms with van der Waals surface area (Å²) in [5.41, 5.74) is 3.58. The fourth-order valence-corrected chi connectivity index (χ4v) is 3.90. The molecule has 1 fully saturated rings.